The van der Waals surface area contributed by atoms with Crippen LogP contribution in [-0.2, 0) is 9.53 Å². The van der Waals surface area contributed by atoms with Crippen LogP contribution in [-0.4, -0.2) is 43.2 Å². The van der Waals surface area contributed by atoms with E-state index in [1.807, 2.05) is 4.90 Å². The Balaban J connectivity index is 1.67. The topological polar surface area (TPSA) is 55.6 Å². The highest BCUT2D eigenvalue weighted by Crippen LogP contribution is 2.22. The Labute approximate surface area is 122 Å². The first-order valence-corrected chi connectivity index (χ1v) is 8.07. The van der Waals surface area contributed by atoms with Gasteiger partial charge in [0.25, 0.3) is 0 Å². The van der Waals surface area contributed by atoms with Crippen molar-refractivity contribution < 1.29 is 9.53 Å². The number of carbonyl (C=O) groups excluding carboxylic acids is 1. The quantitative estimate of drug-likeness (QED) is 0.599. The Hall–Kier alpha value is -0.870. The molecular weight excluding hydrogens is 252 g/mol. The van der Waals surface area contributed by atoms with E-state index < -0.39 is 0 Å². The molecule has 1 aliphatic carbocycles. The molecule has 114 valence electrons. The van der Waals surface area contributed by atoms with Crippen LogP contribution in [0.4, 0.5) is 0 Å². The summed E-state index contributed by atoms with van der Waals surface area (Å²) in [6.45, 7) is 3.13. The molecule has 0 spiro atoms. The van der Waals surface area contributed by atoms with Gasteiger partial charge in [0.2, 0.25) is 5.91 Å². The highest BCUT2D eigenvalue weighted by Gasteiger charge is 2.23. The lowest BCUT2D eigenvalue weighted by molar-refractivity contribution is -0.133. The van der Waals surface area contributed by atoms with Crippen molar-refractivity contribution in [2.45, 2.75) is 57.5 Å². The van der Waals surface area contributed by atoms with Crippen molar-refractivity contribution in [1.82, 2.24) is 4.90 Å². The fourth-order valence-electron chi connectivity index (χ4n) is 2.98. The van der Waals surface area contributed by atoms with Gasteiger partial charge in [0.05, 0.1) is 6.10 Å². The van der Waals surface area contributed by atoms with Crippen LogP contribution in [0.3, 0.4) is 0 Å². The largest absolute Gasteiger partial charge is 0.378 e. The predicted octanol–water partition coefficient (Wildman–Crippen LogP) is 2.23. The Bertz CT molecular complexity index is 333. The van der Waals surface area contributed by atoms with Gasteiger partial charge in [-0.3, -0.25) is 4.79 Å². The molecule has 0 aromatic heterocycles. The predicted molar refractivity (Wildman–Crippen MR) is 80.4 cm³/mol. The summed E-state index contributed by atoms with van der Waals surface area (Å²) in [4.78, 5) is 14.3. The molecule has 1 amide bonds. The van der Waals surface area contributed by atoms with E-state index in [1.54, 1.807) is 0 Å². The number of nitrogens with zero attached hydrogens (tertiary/aromatic N) is 1. The van der Waals surface area contributed by atoms with Gasteiger partial charge < -0.3 is 15.4 Å². The first-order chi connectivity index (χ1) is 9.79. The Morgan fingerprint density at radius 2 is 2.15 bits per heavy atom. The summed E-state index contributed by atoms with van der Waals surface area (Å²) in [5.74, 6) is 0.304. The minimum atomic E-state index is 0.304. The Morgan fingerprint density at radius 3 is 2.80 bits per heavy atom. The fraction of sp³-hybridized carbons (Fsp3) is 0.812. The van der Waals surface area contributed by atoms with Crippen LogP contribution in [0.15, 0.2) is 11.6 Å². The van der Waals surface area contributed by atoms with E-state index in [1.165, 1.54) is 18.4 Å². The minimum absolute atomic E-state index is 0.304. The van der Waals surface area contributed by atoms with Crippen molar-refractivity contribution in [1.29, 1.82) is 0 Å². The molecule has 0 bridgehead atoms. The third-order valence-corrected chi connectivity index (χ3v) is 4.26. The van der Waals surface area contributed by atoms with Gasteiger partial charge in [-0.15, -0.1) is 0 Å². The first-order valence-electron chi connectivity index (χ1n) is 8.07. The molecule has 4 nitrogen and oxygen atoms in total. The highest BCUT2D eigenvalue weighted by atomic mass is 16.5. The van der Waals surface area contributed by atoms with Gasteiger partial charge in [0.1, 0.15) is 0 Å². The van der Waals surface area contributed by atoms with Crippen LogP contribution in [0.25, 0.3) is 0 Å². The molecule has 1 fully saturated rings. The van der Waals surface area contributed by atoms with E-state index in [9.17, 15) is 4.79 Å². The summed E-state index contributed by atoms with van der Waals surface area (Å²) in [5.41, 5.74) is 6.81. The molecule has 0 radical (unpaired) electrons. The van der Waals surface area contributed by atoms with E-state index >= 15 is 0 Å². The SMILES string of the molecule is NCCCOC1CCN(C(=O)CC2=CCCCC2)CC1. The van der Waals surface area contributed by atoms with Crippen molar-refractivity contribution in [3.05, 3.63) is 11.6 Å². The van der Waals surface area contributed by atoms with Crippen molar-refractivity contribution in [3.8, 4) is 0 Å². The Morgan fingerprint density at radius 1 is 1.35 bits per heavy atom. The zero-order chi connectivity index (χ0) is 14.2. The van der Waals surface area contributed by atoms with Crippen LogP contribution in [0.1, 0.15) is 51.4 Å². The van der Waals surface area contributed by atoms with E-state index in [-0.39, 0.29) is 0 Å². The fourth-order valence-corrected chi connectivity index (χ4v) is 2.98. The van der Waals surface area contributed by atoms with E-state index in [0.29, 0.717) is 25.0 Å². The summed E-state index contributed by atoms with van der Waals surface area (Å²) in [5, 5.41) is 0. The third kappa shape index (κ3) is 4.91. The number of piperidine rings is 1. The van der Waals surface area contributed by atoms with Gasteiger partial charge in [0.15, 0.2) is 0 Å². The standard InChI is InChI=1S/C16H28N2O2/c17-9-4-12-20-15-7-10-18(11-8-15)16(19)13-14-5-2-1-3-6-14/h5,15H,1-4,6-13,17H2. The number of nitrogens with two attached hydrogens (primary N) is 1. The molecule has 1 aliphatic heterocycles. The first kappa shape index (κ1) is 15.5. The summed E-state index contributed by atoms with van der Waals surface area (Å²) in [7, 11) is 0. The van der Waals surface area contributed by atoms with Crippen LogP contribution >= 0.6 is 0 Å². The molecular formula is C16H28N2O2. The van der Waals surface area contributed by atoms with Crippen molar-refractivity contribution >= 4 is 5.91 Å². The van der Waals surface area contributed by atoms with E-state index in [0.717, 1.165) is 51.8 Å². The average Bonchev–Trinajstić information content (AvgIpc) is 2.49. The van der Waals surface area contributed by atoms with Crippen LogP contribution in [0.2, 0.25) is 0 Å². The smallest absolute Gasteiger partial charge is 0.226 e. The number of hydrogen-bond acceptors (Lipinski definition) is 3. The molecule has 2 rings (SSSR count). The number of allylic oxidation sites excluding steroid dienone is 1. The zero-order valence-corrected chi connectivity index (χ0v) is 12.5. The number of hydrogen-bond donors (Lipinski definition) is 1. The maximum atomic E-state index is 12.3. The second-order valence-corrected chi connectivity index (χ2v) is 5.88. The number of rotatable bonds is 6. The van der Waals surface area contributed by atoms with Crippen LogP contribution in [0, 0.1) is 0 Å². The molecule has 0 aromatic carbocycles. The van der Waals surface area contributed by atoms with E-state index in [4.69, 9.17) is 10.5 Å². The van der Waals surface area contributed by atoms with Gasteiger partial charge in [0, 0.05) is 26.1 Å². The summed E-state index contributed by atoms with van der Waals surface area (Å²) >= 11 is 0. The monoisotopic (exact) mass is 280 g/mol. The molecule has 0 aromatic rings. The molecule has 20 heavy (non-hydrogen) atoms. The lowest BCUT2D eigenvalue weighted by Gasteiger charge is -2.32. The summed E-state index contributed by atoms with van der Waals surface area (Å²) in [6, 6.07) is 0. The molecule has 0 unspecified atom stereocenters. The summed E-state index contributed by atoms with van der Waals surface area (Å²) in [6.07, 6.45) is 10.9. The maximum absolute atomic E-state index is 12.3. The van der Waals surface area contributed by atoms with Crippen molar-refractivity contribution in [2.75, 3.05) is 26.2 Å². The Kier molecular flexibility index (Phi) is 6.54. The van der Waals surface area contributed by atoms with Gasteiger partial charge in [-0.2, -0.15) is 0 Å². The molecule has 4 heteroatoms. The van der Waals surface area contributed by atoms with Gasteiger partial charge in [-0.05, 0) is 51.5 Å². The van der Waals surface area contributed by atoms with Gasteiger partial charge in [-0.1, -0.05) is 11.6 Å². The number of carbonyl (C=O) groups is 1. The molecule has 2 N–H and O–H groups in total. The van der Waals surface area contributed by atoms with Crippen LogP contribution < -0.4 is 5.73 Å². The second kappa shape index (κ2) is 8.42. The second-order valence-electron chi connectivity index (χ2n) is 5.88. The molecule has 0 atom stereocenters. The molecule has 1 saturated heterocycles. The average molecular weight is 280 g/mol. The highest BCUT2D eigenvalue weighted by molar-refractivity contribution is 5.78. The lowest BCUT2D eigenvalue weighted by Crippen LogP contribution is -2.41. The maximum Gasteiger partial charge on any atom is 0.226 e. The van der Waals surface area contributed by atoms with Gasteiger partial charge >= 0.3 is 0 Å². The van der Waals surface area contributed by atoms with Crippen molar-refractivity contribution in [2.24, 2.45) is 5.73 Å². The zero-order valence-electron chi connectivity index (χ0n) is 12.5. The minimum Gasteiger partial charge on any atom is -0.378 e. The molecule has 1 heterocycles. The molecule has 0 saturated carbocycles. The third-order valence-electron chi connectivity index (χ3n) is 4.26. The number of likely N-dealkylation sites (tertiary alicyclic amines) is 1. The number of ether oxygens (including phenoxy) is 1. The summed E-state index contributed by atoms with van der Waals surface area (Å²) < 4.78 is 5.77. The van der Waals surface area contributed by atoms with Crippen molar-refractivity contribution in [3.63, 3.8) is 0 Å². The lowest BCUT2D eigenvalue weighted by atomic mass is 9.96. The number of amides is 1. The normalized spacial score (nSPS) is 20.9. The van der Waals surface area contributed by atoms with Gasteiger partial charge in [-0.25, -0.2) is 0 Å². The molecule has 2 aliphatic rings. The van der Waals surface area contributed by atoms with E-state index in [2.05, 4.69) is 6.08 Å². The van der Waals surface area contributed by atoms with Crippen LogP contribution in [0.5, 0.6) is 0 Å².